The average Bonchev–Trinajstić information content (AvgIpc) is 3.08. The van der Waals surface area contributed by atoms with Crippen molar-refractivity contribution >= 4 is 17.5 Å². The molecule has 2 aliphatic heterocycles. The molecule has 1 saturated carbocycles. The molecule has 1 aliphatic carbocycles. The molecule has 26 heavy (non-hydrogen) atoms. The molecule has 1 saturated heterocycles. The second kappa shape index (κ2) is 7.17. The van der Waals surface area contributed by atoms with Gasteiger partial charge in [-0.15, -0.1) is 0 Å². The molecule has 1 atom stereocenters. The zero-order chi connectivity index (χ0) is 18.1. The first kappa shape index (κ1) is 17.2. The molecule has 140 valence electrons. The van der Waals surface area contributed by atoms with Gasteiger partial charge in [0, 0.05) is 37.8 Å². The zero-order valence-electron chi connectivity index (χ0n) is 15.3. The summed E-state index contributed by atoms with van der Waals surface area (Å²) in [5, 5.41) is 0. The molecular formula is C20H26N2O4. The van der Waals surface area contributed by atoms with E-state index in [-0.39, 0.29) is 24.2 Å². The minimum absolute atomic E-state index is 0.00271. The monoisotopic (exact) mass is 358 g/mol. The summed E-state index contributed by atoms with van der Waals surface area (Å²) in [7, 11) is 1.90. The highest BCUT2D eigenvalue weighted by Gasteiger charge is 2.38. The Bertz CT molecular complexity index is 699. The SMILES string of the molecule is CN(C(=O)C1CC(=O)N(c2ccc3c(c2)OCCO3)C1)C1CCCCC1. The van der Waals surface area contributed by atoms with E-state index >= 15 is 0 Å². The number of anilines is 1. The molecule has 6 heteroatoms. The van der Waals surface area contributed by atoms with E-state index in [0.717, 1.165) is 18.5 Å². The minimum Gasteiger partial charge on any atom is -0.486 e. The molecule has 0 spiro atoms. The van der Waals surface area contributed by atoms with Crippen molar-refractivity contribution in [1.29, 1.82) is 0 Å². The van der Waals surface area contributed by atoms with Crippen LogP contribution in [0.5, 0.6) is 11.5 Å². The van der Waals surface area contributed by atoms with Gasteiger partial charge >= 0.3 is 0 Å². The van der Waals surface area contributed by atoms with E-state index in [4.69, 9.17) is 9.47 Å². The summed E-state index contributed by atoms with van der Waals surface area (Å²) >= 11 is 0. The molecule has 1 unspecified atom stereocenters. The van der Waals surface area contributed by atoms with Gasteiger partial charge in [-0.3, -0.25) is 9.59 Å². The maximum Gasteiger partial charge on any atom is 0.228 e. The Balaban J connectivity index is 1.45. The van der Waals surface area contributed by atoms with Crippen LogP contribution < -0.4 is 14.4 Å². The molecule has 0 radical (unpaired) electrons. The second-order valence-electron chi connectivity index (χ2n) is 7.47. The number of carbonyl (C=O) groups excluding carboxylic acids is 2. The Kier molecular flexibility index (Phi) is 4.74. The number of hydrogen-bond donors (Lipinski definition) is 0. The summed E-state index contributed by atoms with van der Waals surface area (Å²) in [5.41, 5.74) is 0.773. The molecule has 0 aromatic heterocycles. The summed E-state index contributed by atoms with van der Waals surface area (Å²) in [6, 6.07) is 5.86. The molecule has 0 bridgehead atoms. The summed E-state index contributed by atoms with van der Waals surface area (Å²) in [6.45, 7) is 1.49. The lowest BCUT2D eigenvalue weighted by Crippen LogP contribution is -2.42. The predicted octanol–water partition coefficient (Wildman–Crippen LogP) is 2.60. The second-order valence-corrected chi connectivity index (χ2v) is 7.47. The van der Waals surface area contributed by atoms with Crippen molar-refractivity contribution in [3.63, 3.8) is 0 Å². The first-order valence-corrected chi connectivity index (χ1v) is 9.60. The van der Waals surface area contributed by atoms with Crippen LogP contribution in [0.1, 0.15) is 38.5 Å². The smallest absolute Gasteiger partial charge is 0.228 e. The van der Waals surface area contributed by atoms with Crippen LogP contribution in [-0.2, 0) is 9.59 Å². The largest absolute Gasteiger partial charge is 0.486 e. The third kappa shape index (κ3) is 3.24. The molecule has 2 heterocycles. The van der Waals surface area contributed by atoms with E-state index in [1.807, 2.05) is 30.1 Å². The zero-order valence-corrected chi connectivity index (χ0v) is 15.3. The van der Waals surface area contributed by atoms with E-state index in [1.165, 1.54) is 19.3 Å². The van der Waals surface area contributed by atoms with E-state index in [1.54, 1.807) is 4.90 Å². The topological polar surface area (TPSA) is 59.1 Å². The van der Waals surface area contributed by atoms with Crippen LogP contribution in [0, 0.1) is 5.92 Å². The normalized spacial score (nSPS) is 23.2. The van der Waals surface area contributed by atoms with Crippen LogP contribution in [0.25, 0.3) is 0 Å². The highest BCUT2D eigenvalue weighted by atomic mass is 16.6. The maximum absolute atomic E-state index is 12.9. The molecule has 3 aliphatic rings. The lowest BCUT2D eigenvalue weighted by Gasteiger charge is -2.32. The van der Waals surface area contributed by atoms with Gasteiger partial charge in [-0.2, -0.15) is 0 Å². The Morgan fingerprint density at radius 2 is 1.85 bits per heavy atom. The van der Waals surface area contributed by atoms with Crippen molar-refractivity contribution in [3.8, 4) is 11.5 Å². The quantitative estimate of drug-likeness (QED) is 0.833. The van der Waals surface area contributed by atoms with Gasteiger partial charge in [0.2, 0.25) is 11.8 Å². The number of benzene rings is 1. The van der Waals surface area contributed by atoms with Gasteiger partial charge in [0.15, 0.2) is 11.5 Å². The molecule has 2 fully saturated rings. The van der Waals surface area contributed by atoms with E-state index in [0.29, 0.717) is 37.3 Å². The van der Waals surface area contributed by atoms with Crippen molar-refractivity contribution in [2.45, 2.75) is 44.6 Å². The van der Waals surface area contributed by atoms with Gasteiger partial charge in [-0.1, -0.05) is 19.3 Å². The number of nitrogens with zero attached hydrogens (tertiary/aromatic N) is 2. The lowest BCUT2D eigenvalue weighted by molar-refractivity contribution is -0.137. The third-order valence-corrected chi connectivity index (χ3v) is 5.78. The van der Waals surface area contributed by atoms with Crippen LogP contribution >= 0.6 is 0 Å². The summed E-state index contributed by atoms with van der Waals surface area (Å²) in [5.74, 6) is 1.21. The predicted molar refractivity (Wildman–Crippen MR) is 97.5 cm³/mol. The fourth-order valence-corrected chi connectivity index (χ4v) is 4.26. The molecule has 0 N–H and O–H groups in total. The molecule has 2 amide bonds. The van der Waals surface area contributed by atoms with Crippen LogP contribution in [-0.4, -0.2) is 49.6 Å². The Morgan fingerprint density at radius 3 is 2.62 bits per heavy atom. The number of carbonyl (C=O) groups is 2. The average molecular weight is 358 g/mol. The number of amides is 2. The standard InChI is InChI=1S/C20H26N2O4/c1-21(15-5-3-2-4-6-15)20(24)14-11-19(23)22(13-14)16-7-8-17-18(12-16)26-10-9-25-17/h7-8,12,14-15H,2-6,9-11,13H2,1H3. The molecular weight excluding hydrogens is 332 g/mol. The van der Waals surface area contributed by atoms with Gasteiger partial charge in [0.1, 0.15) is 13.2 Å². The summed E-state index contributed by atoms with van der Waals surface area (Å²) in [4.78, 5) is 29.0. The number of rotatable bonds is 3. The first-order valence-electron chi connectivity index (χ1n) is 9.60. The van der Waals surface area contributed by atoms with Gasteiger partial charge in [-0.25, -0.2) is 0 Å². The highest BCUT2D eigenvalue weighted by Crippen LogP contribution is 2.36. The number of fused-ring (bicyclic) bond motifs is 1. The maximum atomic E-state index is 12.9. The molecule has 1 aromatic rings. The fourth-order valence-electron chi connectivity index (χ4n) is 4.26. The summed E-state index contributed by atoms with van der Waals surface area (Å²) in [6.07, 6.45) is 6.08. The number of hydrogen-bond acceptors (Lipinski definition) is 4. The first-order chi connectivity index (χ1) is 12.6. The van der Waals surface area contributed by atoms with Crippen LogP contribution in [0.2, 0.25) is 0 Å². The van der Waals surface area contributed by atoms with Crippen molar-refractivity contribution in [2.24, 2.45) is 5.92 Å². The van der Waals surface area contributed by atoms with Crippen LogP contribution in [0.15, 0.2) is 18.2 Å². The fraction of sp³-hybridized carbons (Fsp3) is 0.600. The van der Waals surface area contributed by atoms with Crippen molar-refractivity contribution in [3.05, 3.63) is 18.2 Å². The van der Waals surface area contributed by atoms with E-state index < -0.39 is 0 Å². The van der Waals surface area contributed by atoms with Crippen LogP contribution in [0.4, 0.5) is 5.69 Å². The Labute approximate surface area is 154 Å². The molecule has 4 rings (SSSR count). The van der Waals surface area contributed by atoms with Gasteiger partial charge in [-0.05, 0) is 25.0 Å². The van der Waals surface area contributed by atoms with E-state index in [2.05, 4.69) is 0 Å². The third-order valence-electron chi connectivity index (χ3n) is 5.78. The minimum atomic E-state index is -0.261. The highest BCUT2D eigenvalue weighted by molar-refractivity contribution is 6.00. The molecule has 1 aromatic carbocycles. The lowest BCUT2D eigenvalue weighted by atomic mass is 9.93. The number of ether oxygens (including phenoxy) is 2. The van der Waals surface area contributed by atoms with Gasteiger partial charge in [0.05, 0.1) is 5.92 Å². The van der Waals surface area contributed by atoms with Crippen molar-refractivity contribution in [2.75, 3.05) is 31.7 Å². The van der Waals surface area contributed by atoms with E-state index in [9.17, 15) is 9.59 Å². The summed E-state index contributed by atoms with van der Waals surface area (Å²) < 4.78 is 11.1. The van der Waals surface area contributed by atoms with Crippen molar-refractivity contribution in [1.82, 2.24) is 4.90 Å². The molecule has 6 nitrogen and oxygen atoms in total. The van der Waals surface area contributed by atoms with Crippen LogP contribution in [0.3, 0.4) is 0 Å². The van der Waals surface area contributed by atoms with Gasteiger partial charge < -0.3 is 19.3 Å². The van der Waals surface area contributed by atoms with Crippen molar-refractivity contribution < 1.29 is 19.1 Å². The Hall–Kier alpha value is -2.24. The van der Waals surface area contributed by atoms with Gasteiger partial charge in [0.25, 0.3) is 0 Å². The Morgan fingerprint density at radius 1 is 1.12 bits per heavy atom.